The van der Waals surface area contributed by atoms with Crippen molar-refractivity contribution in [2.45, 2.75) is 76.9 Å². The Balaban J connectivity index is 3.28. The van der Waals surface area contributed by atoms with E-state index in [2.05, 4.69) is 6.58 Å². The minimum absolute atomic E-state index is 0.0161. The fraction of sp³-hybridized carbons (Fsp3) is 0.700. The molecule has 0 spiro atoms. The molecule has 188 valence electrons. The van der Waals surface area contributed by atoms with Gasteiger partial charge in [0.2, 0.25) is 0 Å². The Kier molecular flexibility index (Phi) is 11.3. The largest absolute Gasteiger partial charge is 0.471 e. The Morgan fingerprint density at radius 1 is 1.00 bits per heavy atom. The van der Waals surface area contributed by atoms with E-state index in [1.54, 1.807) is 11.4 Å². The van der Waals surface area contributed by atoms with Gasteiger partial charge in [0, 0.05) is 27.4 Å². The van der Waals surface area contributed by atoms with E-state index >= 15 is 0 Å². The zero-order chi connectivity index (χ0) is 25.2. The number of alkyl halides is 3. The highest BCUT2D eigenvalue weighted by Crippen LogP contribution is 2.29. The number of rotatable bonds is 11. The second-order valence-corrected chi connectivity index (χ2v) is 7.15. The van der Waals surface area contributed by atoms with Gasteiger partial charge in [0.25, 0.3) is 0 Å². The van der Waals surface area contributed by atoms with Crippen LogP contribution < -0.4 is 5.32 Å². The molecular formula is C20H28F3NO9. The van der Waals surface area contributed by atoms with Crippen LogP contribution in [0.15, 0.2) is 12.7 Å². The van der Waals surface area contributed by atoms with E-state index in [1.807, 2.05) is 0 Å². The monoisotopic (exact) mass is 483 g/mol. The molecule has 1 heterocycles. The van der Waals surface area contributed by atoms with Crippen LogP contribution in [-0.4, -0.2) is 73.8 Å². The molecule has 1 rings (SSSR count). The molecule has 33 heavy (non-hydrogen) atoms. The average molecular weight is 483 g/mol. The zero-order valence-electron chi connectivity index (χ0n) is 18.5. The summed E-state index contributed by atoms with van der Waals surface area (Å²) in [5.74, 6) is -4.85. The maximum atomic E-state index is 13.0. The Bertz CT molecular complexity index is 713. The lowest BCUT2D eigenvalue weighted by atomic mass is 9.96. The number of hydrogen-bond acceptors (Lipinski definition) is 9. The van der Waals surface area contributed by atoms with Gasteiger partial charge in [0.1, 0.15) is 18.8 Å². The minimum atomic E-state index is -5.26. The van der Waals surface area contributed by atoms with E-state index in [4.69, 9.17) is 23.7 Å². The van der Waals surface area contributed by atoms with Crippen LogP contribution in [0, 0.1) is 0 Å². The summed E-state index contributed by atoms with van der Waals surface area (Å²) in [5.41, 5.74) is 0. The van der Waals surface area contributed by atoms with Crippen LogP contribution in [0.25, 0.3) is 0 Å². The third-order valence-electron chi connectivity index (χ3n) is 4.34. The van der Waals surface area contributed by atoms with Gasteiger partial charge in [-0.2, -0.15) is 13.2 Å². The molecule has 1 fully saturated rings. The maximum Gasteiger partial charge on any atom is 0.471 e. The molecule has 0 radical (unpaired) electrons. The second kappa shape index (κ2) is 13.1. The van der Waals surface area contributed by atoms with Crippen LogP contribution in [0.1, 0.15) is 40.0 Å². The van der Waals surface area contributed by atoms with E-state index in [1.165, 1.54) is 0 Å². The summed E-state index contributed by atoms with van der Waals surface area (Å²) in [6.07, 6.45) is -7.73. The Morgan fingerprint density at radius 3 is 2.12 bits per heavy atom. The third kappa shape index (κ3) is 9.78. The van der Waals surface area contributed by atoms with Crippen LogP contribution in [0.2, 0.25) is 0 Å². The average Bonchev–Trinajstić information content (AvgIpc) is 2.68. The van der Waals surface area contributed by atoms with E-state index in [0.29, 0.717) is 19.3 Å². The third-order valence-corrected chi connectivity index (χ3v) is 4.34. The zero-order valence-corrected chi connectivity index (χ0v) is 18.5. The van der Waals surface area contributed by atoms with Crippen molar-refractivity contribution in [2.24, 2.45) is 0 Å². The molecule has 1 amide bonds. The first-order valence-electron chi connectivity index (χ1n) is 10.1. The van der Waals surface area contributed by atoms with Gasteiger partial charge in [-0.05, 0) is 19.3 Å². The molecule has 1 saturated heterocycles. The highest BCUT2D eigenvalue weighted by atomic mass is 19.4. The number of allylic oxidation sites excluding steroid dienone is 1. The number of carbonyl (C=O) groups excluding carboxylic acids is 4. The Morgan fingerprint density at radius 2 is 1.61 bits per heavy atom. The van der Waals surface area contributed by atoms with Gasteiger partial charge in [0.15, 0.2) is 18.5 Å². The van der Waals surface area contributed by atoms with Crippen molar-refractivity contribution in [1.29, 1.82) is 0 Å². The van der Waals surface area contributed by atoms with Gasteiger partial charge >= 0.3 is 30.0 Å². The van der Waals surface area contributed by atoms with Crippen LogP contribution >= 0.6 is 0 Å². The van der Waals surface area contributed by atoms with Gasteiger partial charge in [-0.15, -0.1) is 6.58 Å². The number of amides is 1. The van der Waals surface area contributed by atoms with Crippen LogP contribution in [-0.2, 0) is 42.9 Å². The SMILES string of the molecule is C=CCCCCO[C@@H]1O[C@H](COC(C)=O)[C@H](OC(C)=O)[C@H](OC(C)=O)[C@H]1NC(=O)C(F)(F)F. The second-order valence-electron chi connectivity index (χ2n) is 7.15. The molecule has 0 bridgehead atoms. The first-order valence-corrected chi connectivity index (χ1v) is 10.1. The molecule has 1 aliphatic rings. The first kappa shape index (κ1) is 28.4. The van der Waals surface area contributed by atoms with Gasteiger partial charge in [-0.1, -0.05) is 6.08 Å². The lowest BCUT2D eigenvalue weighted by molar-refractivity contribution is -0.279. The lowest BCUT2D eigenvalue weighted by Crippen LogP contribution is -2.67. The predicted octanol–water partition coefficient (Wildman–Crippen LogP) is 1.56. The summed E-state index contributed by atoms with van der Waals surface area (Å²) < 4.78 is 65.2. The summed E-state index contributed by atoms with van der Waals surface area (Å²) in [6, 6.07) is -1.69. The summed E-state index contributed by atoms with van der Waals surface area (Å²) >= 11 is 0. The van der Waals surface area contributed by atoms with E-state index in [9.17, 15) is 32.3 Å². The summed E-state index contributed by atoms with van der Waals surface area (Å²) in [7, 11) is 0. The van der Waals surface area contributed by atoms with Crippen molar-refractivity contribution < 1.29 is 56.0 Å². The lowest BCUT2D eigenvalue weighted by Gasteiger charge is -2.45. The van der Waals surface area contributed by atoms with Crippen molar-refractivity contribution in [3.05, 3.63) is 12.7 Å². The van der Waals surface area contributed by atoms with Crippen molar-refractivity contribution in [3.8, 4) is 0 Å². The fourth-order valence-electron chi connectivity index (χ4n) is 3.02. The van der Waals surface area contributed by atoms with E-state index < -0.39 is 67.2 Å². The molecular weight excluding hydrogens is 455 g/mol. The quantitative estimate of drug-likeness (QED) is 0.202. The molecule has 10 nitrogen and oxygen atoms in total. The number of ether oxygens (including phenoxy) is 5. The highest BCUT2D eigenvalue weighted by Gasteiger charge is 2.53. The topological polar surface area (TPSA) is 126 Å². The molecule has 0 aliphatic carbocycles. The van der Waals surface area contributed by atoms with E-state index in [-0.39, 0.29) is 6.61 Å². The Hall–Kier alpha value is -2.67. The van der Waals surface area contributed by atoms with Crippen molar-refractivity contribution in [3.63, 3.8) is 0 Å². The molecule has 1 aliphatic heterocycles. The predicted molar refractivity (Wildman–Crippen MR) is 104 cm³/mol. The minimum Gasteiger partial charge on any atom is -0.463 e. The van der Waals surface area contributed by atoms with Crippen molar-refractivity contribution in [2.75, 3.05) is 13.2 Å². The number of carbonyl (C=O) groups is 4. The summed E-state index contributed by atoms with van der Waals surface area (Å²) in [6.45, 7) is 6.21. The standard InChI is InChI=1S/C20H28F3NO9/c1-5-6-7-8-9-29-18-15(24-19(28)20(21,22)23)17(32-13(4)27)16(31-12(3)26)14(33-18)10-30-11(2)25/h5,14-18H,1,6-10H2,2-4H3,(H,24,28)/t14-,15-,16+,17-,18-/m1/s1. The van der Waals surface area contributed by atoms with Crippen LogP contribution in [0.5, 0.6) is 0 Å². The summed E-state index contributed by atoms with van der Waals surface area (Å²) in [5, 5.41) is 1.70. The first-order chi connectivity index (χ1) is 15.4. The molecule has 1 N–H and O–H groups in total. The van der Waals surface area contributed by atoms with Crippen LogP contribution in [0.4, 0.5) is 13.2 Å². The van der Waals surface area contributed by atoms with Crippen LogP contribution in [0.3, 0.4) is 0 Å². The smallest absolute Gasteiger partial charge is 0.463 e. The van der Waals surface area contributed by atoms with Gasteiger partial charge < -0.3 is 29.0 Å². The normalized spacial score (nSPS) is 25.0. The molecule has 0 saturated carbocycles. The molecule has 13 heteroatoms. The number of esters is 3. The van der Waals surface area contributed by atoms with Gasteiger partial charge in [-0.3, -0.25) is 19.2 Å². The van der Waals surface area contributed by atoms with Gasteiger partial charge in [0.05, 0.1) is 0 Å². The summed E-state index contributed by atoms with van der Waals surface area (Å²) in [4.78, 5) is 46.3. The number of hydrogen-bond donors (Lipinski definition) is 1. The highest BCUT2D eigenvalue weighted by molar-refractivity contribution is 5.82. The number of halogens is 3. The molecule has 0 unspecified atom stereocenters. The van der Waals surface area contributed by atoms with E-state index in [0.717, 1.165) is 20.8 Å². The van der Waals surface area contributed by atoms with Crippen molar-refractivity contribution >= 4 is 23.8 Å². The molecule has 0 aromatic rings. The van der Waals surface area contributed by atoms with Gasteiger partial charge in [-0.25, -0.2) is 0 Å². The number of unbranched alkanes of at least 4 members (excludes halogenated alkanes) is 2. The van der Waals surface area contributed by atoms with Crippen molar-refractivity contribution in [1.82, 2.24) is 5.32 Å². The number of nitrogens with one attached hydrogen (secondary N) is 1. The fourth-order valence-corrected chi connectivity index (χ4v) is 3.02. The molecule has 5 atom stereocenters. The Labute approximate surface area is 188 Å². The molecule has 0 aromatic heterocycles. The molecule has 0 aromatic carbocycles. The maximum absolute atomic E-state index is 13.0.